The number of para-hydroxylation sites is 1. The number of thiophene rings is 1. The van der Waals surface area contributed by atoms with Gasteiger partial charge in [-0.2, -0.15) is 5.10 Å². The molecule has 0 unspecified atom stereocenters. The molecule has 0 aliphatic heterocycles. The van der Waals surface area contributed by atoms with E-state index in [-0.39, 0.29) is 0 Å². The highest BCUT2D eigenvalue weighted by Crippen LogP contribution is 2.28. The van der Waals surface area contributed by atoms with Crippen LogP contribution in [0.3, 0.4) is 0 Å². The van der Waals surface area contributed by atoms with E-state index in [4.69, 9.17) is 11.6 Å². The Hall–Kier alpha value is -2.44. The number of H-pyrrole nitrogens is 1. The maximum absolute atomic E-state index is 6.27. The fourth-order valence-electron chi connectivity index (χ4n) is 2.58. The van der Waals surface area contributed by atoms with Gasteiger partial charge in [-0.25, -0.2) is 9.97 Å². The first-order valence-corrected chi connectivity index (χ1v) is 8.74. The molecule has 4 aromatic rings. The minimum atomic E-state index is 0.568. The number of nitrogens with zero attached hydrogens (tertiary/aromatic N) is 3. The molecule has 4 rings (SSSR count). The smallest absolute Gasteiger partial charge is 0.158 e. The largest absolute Gasteiger partial charge is 0.345 e. The van der Waals surface area contributed by atoms with Crippen molar-refractivity contribution >= 4 is 56.1 Å². The lowest BCUT2D eigenvalue weighted by molar-refractivity contribution is 1.18. The summed E-state index contributed by atoms with van der Waals surface area (Å²) < 4.78 is 0. The fourth-order valence-corrected chi connectivity index (χ4v) is 3.77. The second-order valence-electron chi connectivity index (χ2n) is 5.28. The van der Waals surface area contributed by atoms with Crippen molar-refractivity contribution in [2.75, 3.05) is 5.43 Å². The lowest BCUT2D eigenvalue weighted by Crippen LogP contribution is -1.94. The van der Waals surface area contributed by atoms with E-state index in [1.807, 2.05) is 24.3 Å². The fraction of sp³-hybridized carbons (Fsp3) is 0.118. The molecule has 3 heterocycles. The Morgan fingerprint density at radius 1 is 1.29 bits per heavy atom. The van der Waals surface area contributed by atoms with Gasteiger partial charge in [0.25, 0.3) is 0 Å². The van der Waals surface area contributed by atoms with Crippen molar-refractivity contribution in [1.29, 1.82) is 0 Å². The Labute approximate surface area is 147 Å². The predicted octanol–water partition coefficient (Wildman–Crippen LogP) is 4.83. The number of aryl methyl sites for hydroxylation is 1. The second kappa shape index (κ2) is 6.22. The van der Waals surface area contributed by atoms with Crippen molar-refractivity contribution in [2.45, 2.75) is 13.3 Å². The summed E-state index contributed by atoms with van der Waals surface area (Å²) in [6.07, 6.45) is 4.24. The van der Waals surface area contributed by atoms with E-state index in [1.54, 1.807) is 23.9 Å². The van der Waals surface area contributed by atoms with E-state index in [2.05, 4.69) is 38.5 Å². The first kappa shape index (κ1) is 15.1. The molecule has 24 heavy (non-hydrogen) atoms. The van der Waals surface area contributed by atoms with E-state index in [0.29, 0.717) is 11.0 Å². The lowest BCUT2D eigenvalue weighted by Gasteiger charge is -2.00. The van der Waals surface area contributed by atoms with E-state index < -0.39 is 0 Å². The zero-order valence-corrected chi connectivity index (χ0v) is 14.4. The topological polar surface area (TPSA) is 66.0 Å². The van der Waals surface area contributed by atoms with Gasteiger partial charge in [0.15, 0.2) is 5.82 Å². The quantitative estimate of drug-likeness (QED) is 0.407. The van der Waals surface area contributed by atoms with Gasteiger partial charge in [0.2, 0.25) is 0 Å². The van der Waals surface area contributed by atoms with Gasteiger partial charge in [0.1, 0.15) is 16.3 Å². The number of aromatic amines is 1. The molecule has 3 aromatic heterocycles. The SMILES string of the molecule is CCc1cc2c(NN=Cc3c(Cl)[nH]c4ccccc34)ncnc2s1. The number of aromatic nitrogens is 3. The molecule has 1 aromatic carbocycles. The molecule has 0 radical (unpaired) electrons. The molecule has 0 amide bonds. The summed E-state index contributed by atoms with van der Waals surface area (Å²) in [5.41, 5.74) is 4.84. The van der Waals surface area contributed by atoms with Crippen LogP contribution in [0, 0.1) is 0 Å². The van der Waals surface area contributed by atoms with Crippen molar-refractivity contribution in [1.82, 2.24) is 15.0 Å². The Bertz CT molecular complexity index is 1050. The van der Waals surface area contributed by atoms with Crippen molar-refractivity contribution in [2.24, 2.45) is 5.10 Å². The van der Waals surface area contributed by atoms with Gasteiger partial charge < -0.3 is 4.98 Å². The molecule has 0 saturated heterocycles. The first-order chi connectivity index (χ1) is 11.8. The van der Waals surface area contributed by atoms with Crippen molar-refractivity contribution < 1.29 is 0 Å². The Morgan fingerprint density at radius 2 is 2.17 bits per heavy atom. The maximum Gasteiger partial charge on any atom is 0.158 e. The van der Waals surface area contributed by atoms with E-state index in [1.165, 1.54) is 4.88 Å². The summed E-state index contributed by atoms with van der Waals surface area (Å²) in [6, 6.07) is 10.0. The molecule has 120 valence electrons. The predicted molar refractivity (Wildman–Crippen MR) is 101 cm³/mol. The summed E-state index contributed by atoms with van der Waals surface area (Å²) >= 11 is 7.95. The van der Waals surface area contributed by atoms with Gasteiger partial charge >= 0.3 is 0 Å². The Morgan fingerprint density at radius 3 is 3.04 bits per heavy atom. The second-order valence-corrected chi connectivity index (χ2v) is 6.77. The van der Waals surface area contributed by atoms with Gasteiger partial charge in [-0.05, 0) is 18.6 Å². The highest BCUT2D eigenvalue weighted by Gasteiger charge is 2.09. The molecule has 0 fully saturated rings. The lowest BCUT2D eigenvalue weighted by atomic mass is 10.2. The summed E-state index contributed by atoms with van der Waals surface area (Å²) in [5, 5.41) is 6.90. The molecule has 2 N–H and O–H groups in total. The standard InChI is InChI=1S/C17H14ClN5S/c1-2-10-7-12-16(19-9-20-17(12)24-10)23-21-8-13-11-5-3-4-6-14(11)22-15(13)18/h3-9,22H,2H2,1H3,(H,19,20,23). The average Bonchev–Trinajstić information content (AvgIpc) is 3.16. The number of anilines is 1. The van der Waals surface area contributed by atoms with Crippen LogP contribution in [-0.2, 0) is 6.42 Å². The van der Waals surface area contributed by atoms with Crippen LogP contribution in [0.25, 0.3) is 21.1 Å². The number of fused-ring (bicyclic) bond motifs is 2. The van der Waals surface area contributed by atoms with Gasteiger partial charge in [0, 0.05) is 21.3 Å². The Balaban J connectivity index is 1.66. The van der Waals surface area contributed by atoms with E-state index in [0.717, 1.165) is 33.1 Å². The monoisotopic (exact) mass is 355 g/mol. The summed E-state index contributed by atoms with van der Waals surface area (Å²) in [7, 11) is 0. The van der Waals surface area contributed by atoms with E-state index in [9.17, 15) is 0 Å². The van der Waals surface area contributed by atoms with Gasteiger partial charge in [-0.1, -0.05) is 36.7 Å². The number of nitrogens with one attached hydrogen (secondary N) is 2. The zero-order chi connectivity index (χ0) is 16.5. The van der Waals surface area contributed by atoms with Gasteiger partial charge in [-0.3, -0.25) is 5.43 Å². The van der Waals surface area contributed by atoms with Crippen LogP contribution < -0.4 is 5.43 Å². The number of hydrogen-bond acceptors (Lipinski definition) is 5. The van der Waals surface area contributed by atoms with Crippen LogP contribution in [0.5, 0.6) is 0 Å². The molecule has 0 aliphatic carbocycles. The van der Waals surface area contributed by atoms with Gasteiger partial charge in [0.05, 0.1) is 11.6 Å². The van der Waals surface area contributed by atoms with E-state index >= 15 is 0 Å². The number of hydrazone groups is 1. The minimum Gasteiger partial charge on any atom is -0.345 e. The maximum atomic E-state index is 6.27. The molecule has 0 saturated carbocycles. The van der Waals surface area contributed by atoms with Crippen LogP contribution in [0.1, 0.15) is 17.4 Å². The summed E-state index contributed by atoms with van der Waals surface area (Å²) in [5.74, 6) is 0.697. The molecule has 0 bridgehead atoms. The third-order valence-corrected chi connectivity index (χ3v) is 5.28. The third-order valence-electron chi connectivity index (χ3n) is 3.79. The highest BCUT2D eigenvalue weighted by atomic mass is 35.5. The van der Waals surface area contributed by atoms with Crippen LogP contribution >= 0.6 is 22.9 Å². The van der Waals surface area contributed by atoms with Crippen molar-refractivity contribution in [3.8, 4) is 0 Å². The molecular weight excluding hydrogens is 342 g/mol. The highest BCUT2D eigenvalue weighted by molar-refractivity contribution is 7.18. The zero-order valence-electron chi connectivity index (χ0n) is 12.9. The average molecular weight is 356 g/mol. The van der Waals surface area contributed by atoms with Crippen molar-refractivity contribution in [3.63, 3.8) is 0 Å². The normalized spacial score (nSPS) is 11.8. The Kier molecular flexibility index (Phi) is 3.92. The van der Waals surface area contributed by atoms with Gasteiger partial charge in [-0.15, -0.1) is 11.3 Å². The molecule has 0 aliphatic rings. The molecule has 7 heteroatoms. The minimum absolute atomic E-state index is 0.568. The molecule has 0 atom stereocenters. The number of benzene rings is 1. The van der Waals surface area contributed by atoms with Crippen LogP contribution in [-0.4, -0.2) is 21.2 Å². The van der Waals surface area contributed by atoms with Crippen LogP contribution in [0.15, 0.2) is 41.8 Å². The van der Waals surface area contributed by atoms with Crippen LogP contribution in [0.4, 0.5) is 5.82 Å². The molecule has 5 nitrogen and oxygen atoms in total. The third kappa shape index (κ3) is 2.64. The molecule has 0 spiro atoms. The number of halogens is 1. The first-order valence-electron chi connectivity index (χ1n) is 7.55. The summed E-state index contributed by atoms with van der Waals surface area (Å²) in [4.78, 5) is 14.0. The molecular formula is C17H14ClN5S. The number of rotatable bonds is 4. The van der Waals surface area contributed by atoms with Crippen LogP contribution in [0.2, 0.25) is 5.15 Å². The summed E-state index contributed by atoms with van der Waals surface area (Å²) in [6.45, 7) is 2.13. The number of hydrogen-bond donors (Lipinski definition) is 2. The van der Waals surface area contributed by atoms with Crippen molar-refractivity contribution in [3.05, 3.63) is 52.3 Å².